The van der Waals surface area contributed by atoms with Crippen molar-refractivity contribution in [3.63, 3.8) is 0 Å². The summed E-state index contributed by atoms with van der Waals surface area (Å²) < 4.78 is 83.1. The SMILES string of the molecule is CC[C@@H]1C[C@H](N(Cc2cc(C(F)(F)F)cc(C(F)(F)F)c2)c2ncc(N3CCC(O)CC3)cn2)CN1c1nc(N2CCC(C(=O)O)CC2)ncc1Cl. The van der Waals surface area contributed by atoms with Crippen LogP contribution in [0.25, 0.3) is 0 Å². The lowest BCUT2D eigenvalue weighted by atomic mass is 9.97. The van der Waals surface area contributed by atoms with Crippen molar-refractivity contribution in [2.75, 3.05) is 52.3 Å². The van der Waals surface area contributed by atoms with E-state index in [0.717, 1.165) is 12.1 Å². The third kappa shape index (κ3) is 8.40. The Bertz CT molecular complexity index is 1680. The highest BCUT2D eigenvalue weighted by molar-refractivity contribution is 6.32. The second-order valence-electron chi connectivity index (χ2n) is 13.5. The Hall–Kier alpha value is -4.12. The van der Waals surface area contributed by atoms with Gasteiger partial charge in [0.05, 0.1) is 53.5 Å². The molecule has 0 spiro atoms. The fraction of sp³-hybridized carbons (Fsp3) is 0.559. The van der Waals surface area contributed by atoms with Gasteiger partial charge < -0.3 is 29.8 Å². The number of carboxylic acid groups (broad SMARTS) is 1. The third-order valence-corrected chi connectivity index (χ3v) is 10.4. The van der Waals surface area contributed by atoms with Gasteiger partial charge in [-0.15, -0.1) is 0 Å². The minimum atomic E-state index is -5.01. The van der Waals surface area contributed by atoms with Gasteiger partial charge in [-0.3, -0.25) is 4.79 Å². The molecule has 3 fully saturated rings. The van der Waals surface area contributed by atoms with Gasteiger partial charge in [-0.25, -0.2) is 15.0 Å². The molecule has 1 aromatic carbocycles. The molecule has 0 unspecified atom stereocenters. The first-order valence-electron chi connectivity index (χ1n) is 17.2. The number of alkyl halides is 6. The van der Waals surface area contributed by atoms with Crippen molar-refractivity contribution >= 4 is 41.0 Å². The summed E-state index contributed by atoms with van der Waals surface area (Å²) in [6.45, 7) is 3.89. The van der Waals surface area contributed by atoms with E-state index in [1.807, 2.05) is 21.6 Å². The second kappa shape index (κ2) is 15.1. The molecule has 0 saturated carbocycles. The molecule has 3 aliphatic rings. The van der Waals surface area contributed by atoms with Gasteiger partial charge in [-0.2, -0.15) is 31.3 Å². The number of anilines is 4. The summed E-state index contributed by atoms with van der Waals surface area (Å²) in [6.07, 6.45) is -2.75. The van der Waals surface area contributed by atoms with Crippen molar-refractivity contribution in [1.29, 1.82) is 0 Å². The molecule has 2 atom stereocenters. The molecule has 0 bridgehead atoms. The summed E-state index contributed by atoms with van der Waals surface area (Å²) in [5.74, 6) is -0.370. The van der Waals surface area contributed by atoms with Crippen LogP contribution < -0.4 is 19.6 Å². The van der Waals surface area contributed by atoms with Crippen molar-refractivity contribution < 1.29 is 41.4 Å². The average Bonchev–Trinajstić information content (AvgIpc) is 3.54. The van der Waals surface area contributed by atoms with Crippen LogP contribution in [0.15, 0.2) is 36.8 Å². The van der Waals surface area contributed by atoms with E-state index >= 15 is 0 Å². The molecule has 2 aromatic heterocycles. The van der Waals surface area contributed by atoms with Crippen molar-refractivity contribution in [3.8, 4) is 0 Å². The van der Waals surface area contributed by atoms with Gasteiger partial charge in [-0.05, 0) is 62.3 Å². The van der Waals surface area contributed by atoms with Crippen LogP contribution in [0.2, 0.25) is 5.02 Å². The fourth-order valence-electron chi connectivity index (χ4n) is 7.21. The number of hydrogen-bond donors (Lipinski definition) is 2. The first kappa shape index (κ1) is 37.6. The zero-order valence-corrected chi connectivity index (χ0v) is 29.0. The Morgan fingerprint density at radius 1 is 0.904 bits per heavy atom. The molecule has 0 radical (unpaired) electrons. The topological polar surface area (TPSA) is 122 Å². The molecule has 3 aliphatic heterocycles. The molecule has 5 heterocycles. The summed E-state index contributed by atoms with van der Waals surface area (Å²) >= 11 is 6.66. The van der Waals surface area contributed by atoms with Gasteiger partial charge in [0.1, 0.15) is 5.02 Å². The number of aliphatic hydroxyl groups is 1. The highest BCUT2D eigenvalue weighted by atomic mass is 35.5. The van der Waals surface area contributed by atoms with Crippen LogP contribution in [0.5, 0.6) is 0 Å². The summed E-state index contributed by atoms with van der Waals surface area (Å²) in [6, 6.07) is 0.905. The maximum atomic E-state index is 13.9. The zero-order chi connectivity index (χ0) is 37.4. The van der Waals surface area contributed by atoms with E-state index < -0.39 is 47.5 Å². The normalized spacial score (nSPS) is 20.8. The Labute approximate surface area is 301 Å². The molecule has 18 heteroatoms. The van der Waals surface area contributed by atoms with Crippen LogP contribution in [0.3, 0.4) is 0 Å². The second-order valence-corrected chi connectivity index (χ2v) is 14.0. The monoisotopic (exact) mass is 756 g/mol. The number of nitrogens with zero attached hydrogens (tertiary/aromatic N) is 8. The summed E-state index contributed by atoms with van der Waals surface area (Å²) in [5, 5.41) is 19.6. The maximum absolute atomic E-state index is 13.9. The number of aliphatic carboxylic acids is 1. The van der Waals surface area contributed by atoms with E-state index in [-0.39, 0.29) is 41.7 Å². The van der Waals surface area contributed by atoms with Crippen LogP contribution in [-0.2, 0) is 23.7 Å². The van der Waals surface area contributed by atoms with E-state index in [1.165, 1.54) is 6.20 Å². The van der Waals surface area contributed by atoms with Gasteiger partial charge in [0.2, 0.25) is 11.9 Å². The molecule has 52 heavy (non-hydrogen) atoms. The molecular weight excluding hydrogens is 718 g/mol. The van der Waals surface area contributed by atoms with Crippen molar-refractivity contribution in [2.45, 2.75) is 82.5 Å². The number of hydrogen-bond acceptors (Lipinski definition) is 10. The standard InChI is InChI=1S/C34H39ClF6N8O3/c1-2-24-14-25(19-48(24)29-28(35)17-44-32(45-29)47-7-3-21(4-8-47)30(51)52)49(31-42-15-26(16-43-31)46-9-5-27(50)6-10-46)18-20-11-22(33(36,37)38)13-23(12-20)34(39,40)41/h11-13,15-17,21,24-25,27,50H,2-10,14,18-19H2,1H3,(H,51,52)/t24-,25+/m1/s1. The molecule has 6 rings (SSSR count). The minimum absolute atomic E-state index is 0.109. The van der Waals surface area contributed by atoms with E-state index in [1.54, 1.807) is 17.3 Å². The quantitative estimate of drug-likeness (QED) is 0.240. The summed E-state index contributed by atoms with van der Waals surface area (Å²) in [5.41, 5.74) is -2.35. The van der Waals surface area contributed by atoms with Gasteiger partial charge in [0.15, 0.2) is 5.82 Å². The number of aromatic nitrogens is 4. The van der Waals surface area contributed by atoms with Crippen LogP contribution >= 0.6 is 11.6 Å². The molecule has 0 amide bonds. The molecular formula is C34H39ClF6N8O3. The molecule has 11 nitrogen and oxygen atoms in total. The minimum Gasteiger partial charge on any atom is -0.481 e. The van der Waals surface area contributed by atoms with E-state index in [9.17, 15) is 41.4 Å². The average molecular weight is 757 g/mol. The zero-order valence-electron chi connectivity index (χ0n) is 28.3. The number of piperidine rings is 2. The Morgan fingerprint density at radius 3 is 2.06 bits per heavy atom. The largest absolute Gasteiger partial charge is 0.481 e. The predicted molar refractivity (Wildman–Crippen MR) is 182 cm³/mol. The third-order valence-electron chi connectivity index (χ3n) is 10.1. The van der Waals surface area contributed by atoms with Gasteiger partial charge in [-0.1, -0.05) is 18.5 Å². The van der Waals surface area contributed by atoms with Crippen LogP contribution in [0.4, 0.5) is 49.7 Å². The summed E-state index contributed by atoms with van der Waals surface area (Å²) in [4.78, 5) is 37.3. The number of carbonyl (C=O) groups is 1. The maximum Gasteiger partial charge on any atom is 0.416 e. The number of aliphatic hydroxyl groups excluding tert-OH is 1. The number of halogens is 7. The molecule has 3 saturated heterocycles. The lowest BCUT2D eigenvalue weighted by Gasteiger charge is -2.33. The number of benzene rings is 1. The Balaban J connectivity index is 1.33. The van der Waals surface area contributed by atoms with Gasteiger partial charge in [0.25, 0.3) is 0 Å². The number of rotatable bonds is 9. The fourth-order valence-corrected chi connectivity index (χ4v) is 7.41. The Morgan fingerprint density at radius 2 is 1.50 bits per heavy atom. The van der Waals surface area contributed by atoms with Crippen LogP contribution in [0, 0.1) is 5.92 Å². The van der Waals surface area contributed by atoms with Crippen LogP contribution in [0.1, 0.15) is 62.1 Å². The van der Waals surface area contributed by atoms with Crippen molar-refractivity contribution in [2.24, 2.45) is 5.92 Å². The molecule has 282 valence electrons. The van der Waals surface area contributed by atoms with Crippen LogP contribution in [-0.4, -0.2) is 87.0 Å². The first-order valence-corrected chi connectivity index (χ1v) is 17.6. The highest BCUT2D eigenvalue weighted by Crippen LogP contribution is 2.39. The van der Waals surface area contributed by atoms with Crippen molar-refractivity contribution in [3.05, 3.63) is 58.5 Å². The summed E-state index contributed by atoms with van der Waals surface area (Å²) in [7, 11) is 0. The molecule has 0 aliphatic carbocycles. The lowest BCUT2D eigenvalue weighted by Crippen LogP contribution is -2.40. The molecule has 3 aromatic rings. The van der Waals surface area contributed by atoms with Crippen molar-refractivity contribution in [1.82, 2.24) is 19.9 Å². The highest BCUT2D eigenvalue weighted by Gasteiger charge is 2.40. The first-order chi connectivity index (χ1) is 24.6. The smallest absolute Gasteiger partial charge is 0.416 e. The predicted octanol–water partition coefficient (Wildman–Crippen LogP) is 6.28. The van der Waals surface area contributed by atoms with Gasteiger partial charge >= 0.3 is 18.3 Å². The van der Waals surface area contributed by atoms with Gasteiger partial charge in [0, 0.05) is 45.3 Å². The van der Waals surface area contributed by atoms with E-state index in [0.29, 0.717) is 82.2 Å². The van der Waals surface area contributed by atoms with E-state index in [2.05, 4.69) is 15.0 Å². The molecule has 2 N–H and O–H groups in total. The Kier molecular flexibility index (Phi) is 10.9. The number of carboxylic acids is 1. The lowest BCUT2D eigenvalue weighted by molar-refractivity contribution is -0.144. The van der Waals surface area contributed by atoms with E-state index in [4.69, 9.17) is 16.6 Å².